The van der Waals surface area contributed by atoms with Gasteiger partial charge in [-0.25, -0.2) is 8.78 Å². The summed E-state index contributed by atoms with van der Waals surface area (Å²) in [7, 11) is 1.62. The number of aliphatic hydroxyl groups excluding tert-OH is 1. The summed E-state index contributed by atoms with van der Waals surface area (Å²) < 4.78 is 32.2. The van der Waals surface area contributed by atoms with Crippen molar-refractivity contribution in [3.8, 4) is 0 Å². The van der Waals surface area contributed by atoms with E-state index < -0.39 is 17.7 Å². The Hall–Kier alpha value is -1.78. The van der Waals surface area contributed by atoms with Gasteiger partial charge in [-0.05, 0) is 29.7 Å². The molecule has 106 valence electrons. The second-order valence-corrected chi connectivity index (χ2v) is 4.52. The molecule has 0 spiro atoms. The highest BCUT2D eigenvalue weighted by molar-refractivity contribution is 5.33. The van der Waals surface area contributed by atoms with E-state index in [-0.39, 0.29) is 5.56 Å². The standard InChI is InChI=1S/C16H16F2O2/c1-20-10-9-11-5-7-12(8-6-11)16(19)15-13(17)3-2-4-14(15)18/h2-8,16,19H,9-10H2,1H3. The molecule has 0 aromatic heterocycles. The van der Waals surface area contributed by atoms with Crippen molar-refractivity contribution in [3.63, 3.8) is 0 Å². The molecule has 2 rings (SSSR count). The van der Waals surface area contributed by atoms with Crippen LogP contribution in [0.2, 0.25) is 0 Å². The molecular formula is C16H16F2O2. The highest BCUT2D eigenvalue weighted by Crippen LogP contribution is 2.26. The lowest BCUT2D eigenvalue weighted by Gasteiger charge is -2.14. The van der Waals surface area contributed by atoms with Crippen molar-refractivity contribution in [2.45, 2.75) is 12.5 Å². The summed E-state index contributed by atoms with van der Waals surface area (Å²) in [6, 6.07) is 10.5. The van der Waals surface area contributed by atoms with Crippen molar-refractivity contribution in [1.29, 1.82) is 0 Å². The van der Waals surface area contributed by atoms with Crippen molar-refractivity contribution >= 4 is 0 Å². The maximum atomic E-state index is 13.6. The van der Waals surface area contributed by atoms with Gasteiger partial charge in [0.05, 0.1) is 12.2 Å². The van der Waals surface area contributed by atoms with E-state index in [1.807, 2.05) is 12.1 Å². The van der Waals surface area contributed by atoms with Crippen LogP contribution in [0, 0.1) is 11.6 Å². The van der Waals surface area contributed by atoms with Crippen LogP contribution in [0.5, 0.6) is 0 Å². The summed E-state index contributed by atoms with van der Waals surface area (Å²) in [6.07, 6.45) is -0.561. The van der Waals surface area contributed by atoms with Crippen LogP contribution < -0.4 is 0 Å². The summed E-state index contributed by atoms with van der Waals surface area (Å²) in [4.78, 5) is 0. The predicted molar refractivity (Wildman–Crippen MR) is 72.4 cm³/mol. The van der Waals surface area contributed by atoms with E-state index in [0.29, 0.717) is 12.2 Å². The van der Waals surface area contributed by atoms with E-state index in [0.717, 1.165) is 24.1 Å². The molecule has 0 aliphatic carbocycles. The maximum absolute atomic E-state index is 13.6. The molecule has 0 saturated heterocycles. The van der Waals surface area contributed by atoms with E-state index in [1.165, 1.54) is 6.07 Å². The molecular weight excluding hydrogens is 262 g/mol. The van der Waals surface area contributed by atoms with Crippen LogP contribution >= 0.6 is 0 Å². The van der Waals surface area contributed by atoms with Crippen LogP contribution in [0.1, 0.15) is 22.8 Å². The number of halogens is 2. The quantitative estimate of drug-likeness (QED) is 0.910. The summed E-state index contributed by atoms with van der Waals surface area (Å²) in [6.45, 7) is 0.601. The average molecular weight is 278 g/mol. The summed E-state index contributed by atoms with van der Waals surface area (Å²) >= 11 is 0. The molecule has 2 nitrogen and oxygen atoms in total. The van der Waals surface area contributed by atoms with E-state index in [4.69, 9.17) is 4.74 Å². The van der Waals surface area contributed by atoms with Gasteiger partial charge in [-0.1, -0.05) is 30.3 Å². The Bertz CT molecular complexity index is 547. The molecule has 2 aromatic carbocycles. The smallest absolute Gasteiger partial charge is 0.132 e. The minimum atomic E-state index is -1.31. The van der Waals surface area contributed by atoms with E-state index in [9.17, 15) is 13.9 Å². The van der Waals surface area contributed by atoms with Gasteiger partial charge in [-0.3, -0.25) is 0 Å². The maximum Gasteiger partial charge on any atom is 0.132 e. The van der Waals surface area contributed by atoms with Crippen molar-refractivity contribution in [2.24, 2.45) is 0 Å². The number of aliphatic hydroxyl groups is 1. The van der Waals surface area contributed by atoms with Gasteiger partial charge in [0.1, 0.15) is 17.7 Å². The Labute approximate surface area is 116 Å². The first-order valence-electron chi connectivity index (χ1n) is 6.33. The van der Waals surface area contributed by atoms with Gasteiger partial charge in [0.2, 0.25) is 0 Å². The Balaban J connectivity index is 2.23. The van der Waals surface area contributed by atoms with E-state index >= 15 is 0 Å². The Morgan fingerprint density at radius 2 is 1.65 bits per heavy atom. The molecule has 0 aliphatic rings. The fraction of sp³-hybridized carbons (Fsp3) is 0.250. The highest BCUT2D eigenvalue weighted by Gasteiger charge is 2.19. The fourth-order valence-corrected chi connectivity index (χ4v) is 2.03. The number of methoxy groups -OCH3 is 1. The lowest BCUT2D eigenvalue weighted by atomic mass is 9.99. The largest absolute Gasteiger partial charge is 0.384 e. The number of ether oxygens (including phenoxy) is 1. The van der Waals surface area contributed by atoms with Crippen molar-refractivity contribution in [1.82, 2.24) is 0 Å². The number of hydrogen-bond acceptors (Lipinski definition) is 2. The highest BCUT2D eigenvalue weighted by atomic mass is 19.1. The van der Waals surface area contributed by atoms with E-state index in [2.05, 4.69) is 0 Å². The second kappa shape index (κ2) is 6.59. The second-order valence-electron chi connectivity index (χ2n) is 4.52. The number of hydrogen-bond donors (Lipinski definition) is 1. The SMILES string of the molecule is COCCc1ccc(C(O)c2c(F)cccc2F)cc1. The molecule has 1 unspecified atom stereocenters. The van der Waals surface area contributed by atoms with Crippen LogP contribution in [0.15, 0.2) is 42.5 Å². The van der Waals surface area contributed by atoms with Crippen molar-refractivity contribution in [3.05, 3.63) is 70.8 Å². The third-order valence-corrected chi connectivity index (χ3v) is 3.16. The van der Waals surface area contributed by atoms with Gasteiger partial charge >= 0.3 is 0 Å². The zero-order valence-electron chi connectivity index (χ0n) is 11.1. The average Bonchev–Trinajstić information content (AvgIpc) is 2.45. The molecule has 0 fully saturated rings. The Morgan fingerprint density at radius 3 is 2.20 bits per heavy atom. The van der Waals surface area contributed by atoms with Crippen LogP contribution in [0.25, 0.3) is 0 Å². The van der Waals surface area contributed by atoms with Gasteiger partial charge < -0.3 is 9.84 Å². The molecule has 4 heteroatoms. The molecule has 0 bridgehead atoms. The first-order chi connectivity index (χ1) is 9.63. The lowest BCUT2D eigenvalue weighted by molar-refractivity contribution is 0.202. The molecule has 1 atom stereocenters. The molecule has 0 aliphatic heterocycles. The van der Waals surface area contributed by atoms with Crippen LogP contribution in [0.4, 0.5) is 8.78 Å². The third-order valence-electron chi connectivity index (χ3n) is 3.16. The number of benzene rings is 2. The lowest BCUT2D eigenvalue weighted by Crippen LogP contribution is -2.06. The molecule has 20 heavy (non-hydrogen) atoms. The first kappa shape index (κ1) is 14.6. The third kappa shape index (κ3) is 3.21. The minimum Gasteiger partial charge on any atom is -0.384 e. The van der Waals surface area contributed by atoms with Crippen LogP contribution in [-0.4, -0.2) is 18.8 Å². The summed E-state index contributed by atoms with van der Waals surface area (Å²) in [5.74, 6) is -1.50. The van der Waals surface area contributed by atoms with Gasteiger partial charge in [-0.15, -0.1) is 0 Å². The molecule has 1 N–H and O–H groups in total. The fourth-order valence-electron chi connectivity index (χ4n) is 2.03. The normalized spacial score (nSPS) is 12.4. The molecule has 0 amide bonds. The molecule has 2 aromatic rings. The van der Waals surface area contributed by atoms with Gasteiger partial charge in [0.25, 0.3) is 0 Å². The first-order valence-corrected chi connectivity index (χ1v) is 6.33. The van der Waals surface area contributed by atoms with Gasteiger partial charge in [0.15, 0.2) is 0 Å². The molecule has 0 radical (unpaired) electrons. The molecule has 0 saturated carbocycles. The Morgan fingerprint density at radius 1 is 1.05 bits per heavy atom. The zero-order chi connectivity index (χ0) is 14.5. The summed E-state index contributed by atoms with van der Waals surface area (Å²) in [5.41, 5.74) is 1.17. The summed E-state index contributed by atoms with van der Waals surface area (Å²) in [5, 5.41) is 10.1. The zero-order valence-corrected chi connectivity index (χ0v) is 11.1. The van der Waals surface area contributed by atoms with E-state index in [1.54, 1.807) is 19.2 Å². The van der Waals surface area contributed by atoms with Gasteiger partial charge in [-0.2, -0.15) is 0 Å². The van der Waals surface area contributed by atoms with Crippen LogP contribution in [-0.2, 0) is 11.2 Å². The topological polar surface area (TPSA) is 29.5 Å². The monoisotopic (exact) mass is 278 g/mol. The Kier molecular flexibility index (Phi) is 4.82. The van der Waals surface area contributed by atoms with Crippen molar-refractivity contribution in [2.75, 3.05) is 13.7 Å². The van der Waals surface area contributed by atoms with Gasteiger partial charge in [0, 0.05) is 7.11 Å². The minimum absolute atomic E-state index is 0.322. The predicted octanol–water partition coefficient (Wildman–Crippen LogP) is 3.24. The van der Waals surface area contributed by atoms with Crippen molar-refractivity contribution < 1.29 is 18.6 Å². The number of rotatable bonds is 5. The molecule has 0 heterocycles. The van der Waals surface area contributed by atoms with Crippen LogP contribution in [0.3, 0.4) is 0 Å².